The number of hydrogen-bond acceptors (Lipinski definition) is 4. The predicted molar refractivity (Wildman–Crippen MR) is 120 cm³/mol. The molecular weight excluding hydrogens is 449 g/mol. The first-order chi connectivity index (χ1) is 15.9. The van der Waals surface area contributed by atoms with E-state index in [1.54, 1.807) is 41.9 Å². The highest BCUT2D eigenvalue weighted by Crippen LogP contribution is 2.29. The van der Waals surface area contributed by atoms with E-state index >= 15 is 0 Å². The summed E-state index contributed by atoms with van der Waals surface area (Å²) in [6.07, 6.45) is 0. The maximum Gasteiger partial charge on any atom is 0.233 e. The zero-order valence-electron chi connectivity index (χ0n) is 17.6. The van der Waals surface area contributed by atoms with Gasteiger partial charge < -0.3 is 4.90 Å². The van der Waals surface area contributed by atoms with Crippen LogP contribution in [0.1, 0.15) is 5.56 Å². The van der Waals surface area contributed by atoms with Gasteiger partial charge in [-0.05, 0) is 54.1 Å². The fourth-order valence-corrected chi connectivity index (χ4v) is 4.08. The lowest BCUT2D eigenvalue weighted by atomic mass is 10.2. The molecule has 3 aromatic carbocycles. The zero-order valence-corrected chi connectivity index (χ0v) is 18.4. The van der Waals surface area contributed by atoms with E-state index in [2.05, 4.69) is 10.2 Å². The van der Waals surface area contributed by atoms with Crippen LogP contribution in [0.2, 0.25) is 0 Å². The molecule has 9 heteroatoms. The van der Waals surface area contributed by atoms with E-state index in [-0.39, 0.29) is 28.9 Å². The maximum absolute atomic E-state index is 14.5. The van der Waals surface area contributed by atoms with E-state index in [9.17, 15) is 18.0 Å². The predicted octanol–water partition coefficient (Wildman–Crippen LogP) is 5.10. The topological polar surface area (TPSA) is 51.0 Å². The first-order valence-electron chi connectivity index (χ1n) is 10.00. The third-order valence-electron chi connectivity index (χ3n) is 4.92. The Morgan fingerprint density at radius 3 is 2.21 bits per heavy atom. The fraction of sp³-hybridized carbons (Fsp3) is 0.125. The average Bonchev–Trinajstić information content (AvgIpc) is 3.23. The normalized spacial score (nSPS) is 10.9. The monoisotopic (exact) mass is 468 g/mol. The molecule has 0 fully saturated rings. The molecule has 0 radical (unpaired) electrons. The van der Waals surface area contributed by atoms with E-state index in [0.29, 0.717) is 17.4 Å². The number of carbonyl (C=O) groups excluding carboxylic acids is 1. The summed E-state index contributed by atoms with van der Waals surface area (Å²) < 4.78 is 42.6. The van der Waals surface area contributed by atoms with Crippen molar-refractivity contribution in [3.63, 3.8) is 0 Å². The van der Waals surface area contributed by atoms with Crippen LogP contribution in [-0.2, 0) is 11.3 Å². The van der Waals surface area contributed by atoms with Crippen molar-refractivity contribution in [2.45, 2.75) is 11.7 Å². The number of nitrogens with zero attached hydrogens (tertiary/aromatic N) is 4. The summed E-state index contributed by atoms with van der Waals surface area (Å²) in [6, 6.07) is 17.7. The SMILES string of the molecule is CN(Cc1ccc(F)cc1)C(=O)CSc1nnc(-c2ccccc2F)n1-c1ccc(F)cc1. The number of aromatic nitrogens is 3. The molecule has 0 bridgehead atoms. The highest BCUT2D eigenvalue weighted by molar-refractivity contribution is 7.99. The molecule has 1 amide bonds. The number of amides is 1. The second kappa shape index (κ2) is 9.91. The van der Waals surface area contributed by atoms with Crippen LogP contribution in [-0.4, -0.2) is 38.4 Å². The van der Waals surface area contributed by atoms with Crippen molar-refractivity contribution < 1.29 is 18.0 Å². The summed E-state index contributed by atoms with van der Waals surface area (Å²) in [6.45, 7) is 0.324. The largest absolute Gasteiger partial charge is 0.341 e. The number of thioether (sulfide) groups is 1. The van der Waals surface area contributed by atoms with Gasteiger partial charge in [-0.1, -0.05) is 36.0 Å². The summed E-state index contributed by atoms with van der Waals surface area (Å²) in [5.74, 6) is -1.10. The molecule has 0 saturated carbocycles. The van der Waals surface area contributed by atoms with Crippen molar-refractivity contribution in [2.75, 3.05) is 12.8 Å². The van der Waals surface area contributed by atoms with Crippen LogP contribution in [0.5, 0.6) is 0 Å². The minimum absolute atomic E-state index is 0.0499. The maximum atomic E-state index is 14.5. The van der Waals surface area contributed by atoms with Gasteiger partial charge in [0, 0.05) is 19.3 Å². The van der Waals surface area contributed by atoms with Crippen LogP contribution in [0.3, 0.4) is 0 Å². The van der Waals surface area contributed by atoms with Crippen molar-refractivity contribution in [2.24, 2.45) is 0 Å². The minimum Gasteiger partial charge on any atom is -0.341 e. The number of rotatable bonds is 7. The zero-order chi connectivity index (χ0) is 23.4. The molecule has 4 aromatic rings. The summed E-state index contributed by atoms with van der Waals surface area (Å²) in [4.78, 5) is 14.2. The molecule has 0 unspecified atom stereocenters. The Kier molecular flexibility index (Phi) is 6.79. The summed E-state index contributed by atoms with van der Waals surface area (Å²) >= 11 is 1.14. The highest BCUT2D eigenvalue weighted by atomic mass is 32.2. The summed E-state index contributed by atoms with van der Waals surface area (Å²) in [5, 5.41) is 8.67. The fourth-order valence-electron chi connectivity index (χ4n) is 3.19. The minimum atomic E-state index is -0.472. The summed E-state index contributed by atoms with van der Waals surface area (Å²) in [7, 11) is 1.65. The lowest BCUT2D eigenvalue weighted by molar-refractivity contribution is -0.127. The molecule has 0 spiro atoms. The Bertz CT molecular complexity index is 1260. The lowest BCUT2D eigenvalue weighted by Gasteiger charge is -2.17. The molecule has 0 aliphatic heterocycles. The Morgan fingerprint density at radius 1 is 0.909 bits per heavy atom. The van der Waals surface area contributed by atoms with Crippen LogP contribution in [0.15, 0.2) is 78.0 Å². The Morgan fingerprint density at radius 2 is 1.55 bits per heavy atom. The number of hydrogen-bond donors (Lipinski definition) is 0. The smallest absolute Gasteiger partial charge is 0.233 e. The van der Waals surface area contributed by atoms with Crippen LogP contribution in [0.25, 0.3) is 17.1 Å². The molecule has 0 N–H and O–H groups in total. The third kappa shape index (κ3) is 5.25. The van der Waals surface area contributed by atoms with Gasteiger partial charge in [0.1, 0.15) is 17.5 Å². The quantitative estimate of drug-likeness (QED) is 0.354. The van der Waals surface area contributed by atoms with Crippen LogP contribution in [0.4, 0.5) is 13.2 Å². The average molecular weight is 469 g/mol. The van der Waals surface area contributed by atoms with Gasteiger partial charge in [0.2, 0.25) is 5.91 Å². The molecule has 168 valence electrons. The second-order valence-corrected chi connectivity index (χ2v) is 8.21. The lowest BCUT2D eigenvalue weighted by Crippen LogP contribution is -2.27. The molecule has 0 aliphatic rings. The Hall–Kier alpha value is -3.59. The van der Waals surface area contributed by atoms with Crippen LogP contribution >= 0.6 is 11.8 Å². The molecule has 1 heterocycles. The molecular formula is C24H19F3N4OS. The highest BCUT2D eigenvalue weighted by Gasteiger charge is 2.20. The van der Waals surface area contributed by atoms with Gasteiger partial charge in [0.15, 0.2) is 11.0 Å². The number of halogens is 3. The third-order valence-corrected chi connectivity index (χ3v) is 5.83. The van der Waals surface area contributed by atoms with Gasteiger partial charge in [0.05, 0.1) is 11.3 Å². The van der Waals surface area contributed by atoms with Crippen molar-refractivity contribution in [3.05, 3.63) is 95.8 Å². The van der Waals surface area contributed by atoms with Crippen molar-refractivity contribution in [1.82, 2.24) is 19.7 Å². The first-order valence-corrected chi connectivity index (χ1v) is 11.0. The van der Waals surface area contributed by atoms with Crippen molar-refractivity contribution >= 4 is 17.7 Å². The van der Waals surface area contributed by atoms with Gasteiger partial charge >= 0.3 is 0 Å². The van der Waals surface area contributed by atoms with Crippen LogP contribution < -0.4 is 0 Å². The van der Waals surface area contributed by atoms with Crippen molar-refractivity contribution in [3.8, 4) is 17.1 Å². The molecule has 0 aliphatic carbocycles. The van der Waals surface area contributed by atoms with E-state index in [1.165, 1.54) is 47.4 Å². The Labute approximate surface area is 192 Å². The first kappa shape index (κ1) is 22.6. The molecule has 0 atom stereocenters. The van der Waals surface area contributed by atoms with Crippen molar-refractivity contribution in [1.29, 1.82) is 0 Å². The number of carbonyl (C=O) groups is 1. The van der Waals surface area contributed by atoms with Gasteiger partial charge in [-0.15, -0.1) is 10.2 Å². The van der Waals surface area contributed by atoms with E-state index in [0.717, 1.165) is 17.3 Å². The van der Waals surface area contributed by atoms with Crippen LogP contribution in [0, 0.1) is 17.5 Å². The second-order valence-electron chi connectivity index (χ2n) is 7.26. The molecule has 4 rings (SSSR count). The standard InChI is InChI=1S/C24H19F3N4OS/c1-30(14-16-6-8-17(25)9-7-16)22(32)15-33-24-29-28-23(20-4-2-3-5-21(20)27)31(24)19-12-10-18(26)11-13-19/h2-13H,14-15H2,1H3. The molecule has 33 heavy (non-hydrogen) atoms. The van der Waals surface area contributed by atoms with Gasteiger partial charge in [-0.25, -0.2) is 13.2 Å². The molecule has 5 nitrogen and oxygen atoms in total. The van der Waals surface area contributed by atoms with E-state index in [4.69, 9.17) is 0 Å². The van der Waals surface area contributed by atoms with E-state index < -0.39 is 11.6 Å². The summed E-state index contributed by atoms with van der Waals surface area (Å²) in [5.41, 5.74) is 1.57. The van der Waals surface area contributed by atoms with E-state index in [1.807, 2.05) is 0 Å². The molecule has 1 aromatic heterocycles. The van der Waals surface area contributed by atoms with Gasteiger partial charge in [-0.2, -0.15) is 0 Å². The van der Waals surface area contributed by atoms with Gasteiger partial charge in [-0.3, -0.25) is 9.36 Å². The molecule has 0 saturated heterocycles. The Balaban J connectivity index is 1.57. The number of benzene rings is 3. The van der Waals surface area contributed by atoms with Gasteiger partial charge in [0.25, 0.3) is 0 Å².